The van der Waals surface area contributed by atoms with Gasteiger partial charge in [-0.05, 0) is 29.3 Å². The fourth-order valence-electron chi connectivity index (χ4n) is 2.33. The molecule has 0 fully saturated rings. The van der Waals surface area contributed by atoms with Crippen molar-refractivity contribution in [2.45, 2.75) is 13.1 Å². The number of halogens is 2. The van der Waals surface area contributed by atoms with Gasteiger partial charge in [-0.3, -0.25) is 9.78 Å². The van der Waals surface area contributed by atoms with Gasteiger partial charge in [-0.15, -0.1) is 5.10 Å². The Hall–Kier alpha value is -2.80. The Bertz CT molecular complexity index is 884. The van der Waals surface area contributed by atoms with E-state index in [1.807, 2.05) is 12.1 Å². The topological polar surface area (TPSA) is 63.9 Å². The molecule has 0 atom stereocenters. The van der Waals surface area contributed by atoms with Gasteiger partial charge in [-0.1, -0.05) is 28.9 Å². The second-order valence-electron chi connectivity index (χ2n) is 5.56. The lowest BCUT2D eigenvalue weighted by atomic mass is 10.2. The van der Waals surface area contributed by atoms with E-state index in [4.69, 9.17) is 11.6 Å². The molecule has 25 heavy (non-hydrogen) atoms. The quantitative estimate of drug-likeness (QED) is 0.702. The number of aromatic nitrogens is 4. The highest BCUT2D eigenvalue weighted by atomic mass is 35.5. The summed E-state index contributed by atoms with van der Waals surface area (Å²) in [5.74, 6) is -0.652. The molecule has 2 heterocycles. The fraction of sp³-hybridized carbons (Fsp3) is 0.176. The second kappa shape index (κ2) is 7.40. The molecule has 0 spiro atoms. The Morgan fingerprint density at radius 2 is 2.20 bits per heavy atom. The fourth-order valence-corrected chi connectivity index (χ4v) is 2.56. The first-order valence-corrected chi connectivity index (χ1v) is 7.89. The third-order valence-electron chi connectivity index (χ3n) is 3.59. The summed E-state index contributed by atoms with van der Waals surface area (Å²) in [6.07, 6.45) is 4.93. The van der Waals surface area contributed by atoms with Crippen LogP contribution in [0.4, 0.5) is 4.39 Å². The van der Waals surface area contributed by atoms with Gasteiger partial charge in [-0.25, -0.2) is 9.07 Å². The van der Waals surface area contributed by atoms with E-state index in [9.17, 15) is 9.18 Å². The van der Waals surface area contributed by atoms with Crippen LogP contribution in [0.2, 0.25) is 5.02 Å². The summed E-state index contributed by atoms with van der Waals surface area (Å²) >= 11 is 6.01. The van der Waals surface area contributed by atoms with Crippen LogP contribution in [0.15, 0.2) is 48.9 Å². The van der Waals surface area contributed by atoms with Crippen LogP contribution >= 0.6 is 11.6 Å². The summed E-state index contributed by atoms with van der Waals surface area (Å²) in [7, 11) is 1.69. The zero-order valence-electron chi connectivity index (χ0n) is 13.4. The monoisotopic (exact) mass is 359 g/mol. The number of hydrogen-bond acceptors (Lipinski definition) is 4. The first-order chi connectivity index (χ1) is 12.0. The summed E-state index contributed by atoms with van der Waals surface area (Å²) in [4.78, 5) is 18.0. The third-order valence-corrected chi connectivity index (χ3v) is 3.95. The Morgan fingerprint density at radius 3 is 2.92 bits per heavy atom. The highest BCUT2D eigenvalue weighted by Crippen LogP contribution is 2.18. The van der Waals surface area contributed by atoms with Crippen LogP contribution in [0, 0.1) is 5.82 Å². The molecule has 3 aromatic rings. The number of carbonyl (C=O) groups excluding carboxylic acids is 1. The van der Waals surface area contributed by atoms with Crippen molar-refractivity contribution in [3.63, 3.8) is 0 Å². The van der Waals surface area contributed by atoms with Gasteiger partial charge in [0.05, 0.1) is 12.7 Å². The van der Waals surface area contributed by atoms with E-state index in [0.29, 0.717) is 23.7 Å². The van der Waals surface area contributed by atoms with Crippen molar-refractivity contribution in [1.82, 2.24) is 24.9 Å². The number of amides is 1. The highest BCUT2D eigenvalue weighted by Gasteiger charge is 2.16. The molecule has 2 aromatic heterocycles. The molecule has 0 radical (unpaired) electrons. The van der Waals surface area contributed by atoms with Crippen LogP contribution in [-0.4, -0.2) is 37.8 Å². The van der Waals surface area contributed by atoms with Crippen LogP contribution < -0.4 is 0 Å². The van der Waals surface area contributed by atoms with Gasteiger partial charge in [0, 0.05) is 31.0 Å². The Labute approximate surface area is 148 Å². The third kappa shape index (κ3) is 4.19. The number of nitrogens with zero attached hydrogens (tertiary/aromatic N) is 5. The summed E-state index contributed by atoms with van der Waals surface area (Å²) in [5, 5.41) is 8.15. The average Bonchev–Trinajstić information content (AvgIpc) is 3.06. The summed E-state index contributed by atoms with van der Waals surface area (Å²) in [5.41, 5.74) is 1.84. The lowest BCUT2D eigenvalue weighted by Crippen LogP contribution is -2.26. The maximum atomic E-state index is 13.1. The Balaban J connectivity index is 1.69. The minimum absolute atomic E-state index is 0.227. The minimum Gasteiger partial charge on any atom is -0.336 e. The van der Waals surface area contributed by atoms with Gasteiger partial charge in [-0.2, -0.15) is 0 Å². The average molecular weight is 360 g/mol. The Kier molecular flexibility index (Phi) is 5.04. The van der Waals surface area contributed by atoms with E-state index < -0.39 is 5.82 Å². The van der Waals surface area contributed by atoms with Gasteiger partial charge < -0.3 is 4.90 Å². The van der Waals surface area contributed by atoms with E-state index in [2.05, 4.69) is 15.3 Å². The maximum Gasteiger partial charge on any atom is 0.276 e. The molecule has 0 aliphatic rings. The molecular formula is C17H15ClFN5O. The van der Waals surface area contributed by atoms with Crippen LogP contribution in [0.3, 0.4) is 0 Å². The van der Waals surface area contributed by atoms with Crippen molar-refractivity contribution in [2.75, 3.05) is 7.05 Å². The summed E-state index contributed by atoms with van der Waals surface area (Å²) in [6, 6.07) is 7.85. The van der Waals surface area contributed by atoms with Crippen molar-refractivity contribution in [3.05, 3.63) is 76.6 Å². The first-order valence-electron chi connectivity index (χ1n) is 7.51. The molecule has 6 nitrogen and oxygen atoms in total. The maximum absolute atomic E-state index is 13.1. The molecule has 128 valence electrons. The highest BCUT2D eigenvalue weighted by molar-refractivity contribution is 6.31. The first kappa shape index (κ1) is 17.0. The molecular weight excluding hydrogens is 345 g/mol. The normalized spacial score (nSPS) is 10.7. The number of pyridine rings is 1. The molecule has 1 amide bonds. The van der Waals surface area contributed by atoms with Gasteiger partial charge in [0.15, 0.2) is 5.69 Å². The second-order valence-corrected chi connectivity index (χ2v) is 5.97. The van der Waals surface area contributed by atoms with Crippen LogP contribution in [0.25, 0.3) is 0 Å². The SMILES string of the molecule is CN(Cc1cccnc1)C(=O)c1cn(Cc2ccc(F)cc2Cl)nn1. The summed E-state index contributed by atoms with van der Waals surface area (Å²) < 4.78 is 14.6. The number of benzene rings is 1. The number of rotatable bonds is 5. The van der Waals surface area contributed by atoms with Crippen molar-refractivity contribution >= 4 is 17.5 Å². The number of carbonyl (C=O) groups is 1. The Morgan fingerprint density at radius 1 is 1.36 bits per heavy atom. The van der Waals surface area contributed by atoms with Crippen LogP contribution in [0.1, 0.15) is 21.6 Å². The molecule has 0 saturated carbocycles. The van der Waals surface area contributed by atoms with Crippen molar-refractivity contribution in [3.8, 4) is 0 Å². The van der Waals surface area contributed by atoms with E-state index in [-0.39, 0.29) is 11.6 Å². The molecule has 0 N–H and O–H groups in total. The lowest BCUT2D eigenvalue weighted by molar-refractivity contribution is 0.0779. The standard InChI is InChI=1S/C17H15ClFN5O/c1-23(9-12-3-2-6-20-8-12)17(25)16-11-24(22-21-16)10-13-4-5-14(19)7-15(13)18/h2-8,11H,9-10H2,1H3. The van der Waals surface area contributed by atoms with Crippen molar-refractivity contribution < 1.29 is 9.18 Å². The van der Waals surface area contributed by atoms with Crippen molar-refractivity contribution in [2.24, 2.45) is 0 Å². The molecule has 8 heteroatoms. The molecule has 0 saturated heterocycles. The predicted molar refractivity (Wildman–Crippen MR) is 90.6 cm³/mol. The van der Waals surface area contributed by atoms with E-state index >= 15 is 0 Å². The number of hydrogen-bond donors (Lipinski definition) is 0. The van der Waals surface area contributed by atoms with Gasteiger partial charge in [0.25, 0.3) is 5.91 Å². The van der Waals surface area contributed by atoms with E-state index in [1.54, 1.807) is 31.7 Å². The van der Waals surface area contributed by atoms with E-state index in [1.165, 1.54) is 21.7 Å². The van der Waals surface area contributed by atoms with Crippen molar-refractivity contribution in [1.29, 1.82) is 0 Å². The molecule has 3 rings (SSSR count). The molecule has 0 aliphatic carbocycles. The van der Waals surface area contributed by atoms with Gasteiger partial charge in [0.2, 0.25) is 0 Å². The zero-order chi connectivity index (χ0) is 17.8. The molecule has 1 aromatic carbocycles. The zero-order valence-corrected chi connectivity index (χ0v) is 14.2. The molecule has 0 unspecified atom stereocenters. The van der Waals surface area contributed by atoms with Gasteiger partial charge in [0.1, 0.15) is 5.82 Å². The van der Waals surface area contributed by atoms with Crippen LogP contribution in [0.5, 0.6) is 0 Å². The van der Waals surface area contributed by atoms with E-state index in [0.717, 1.165) is 5.56 Å². The largest absolute Gasteiger partial charge is 0.336 e. The van der Waals surface area contributed by atoms with Crippen LogP contribution in [-0.2, 0) is 13.1 Å². The smallest absolute Gasteiger partial charge is 0.276 e. The lowest BCUT2D eigenvalue weighted by Gasteiger charge is -2.15. The minimum atomic E-state index is -0.403. The summed E-state index contributed by atoms with van der Waals surface area (Å²) in [6.45, 7) is 0.717. The van der Waals surface area contributed by atoms with Gasteiger partial charge >= 0.3 is 0 Å². The predicted octanol–water partition coefficient (Wildman–Crippen LogP) is 2.79. The molecule has 0 aliphatic heterocycles. The molecule has 0 bridgehead atoms.